The first-order valence-corrected chi connectivity index (χ1v) is 7.00. The van der Waals surface area contributed by atoms with Gasteiger partial charge < -0.3 is 9.73 Å². The van der Waals surface area contributed by atoms with Crippen molar-refractivity contribution in [3.8, 4) is 11.3 Å². The first-order valence-electron chi connectivity index (χ1n) is 6.62. The highest BCUT2D eigenvalue weighted by Crippen LogP contribution is 2.32. The van der Waals surface area contributed by atoms with Crippen LogP contribution in [0.3, 0.4) is 0 Å². The molecule has 0 saturated carbocycles. The number of furan rings is 1. The summed E-state index contributed by atoms with van der Waals surface area (Å²) >= 11 is 6.21. The maximum absolute atomic E-state index is 6.21. The van der Waals surface area contributed by atoms with E-state index in [1.165, 1.54) is 0 Å². The lowest BCUT2D eigenvalue weighted by Crippen LogP contribution is -2.10. The summed E-state index contributed by atoms with van der Waals surface area (Å²) in [6.07, 6.45) is 1.77. The first-order chi connectivity index (χ1) is 9.79. The molecule has 3 nitrogen and oxygen atoms in total. The second-order valence-electron chi connectivity index (χ2n) is 4.54. The van der Waals surface area contributed by atoms with Crippen LogP contribution >= 0.6 is 11.6 Å². The number of hydrogen-bond donors (Lipinski definition) is 1. The molecule has 102 valence electrons. The van der Waals surface area contributed by atoms with Gasteiger partial charge in [0.25, 0.3) is 0 Å². The Balaban J connectivity index is 2.06. The molecule has 0 amide bonds. The molecule has 1 aromatic carbocycles. The molecule has 1 N–H and O–H groups in total. The topological polar surface area (TPSA) is 38.1 Å². The van der Waals surface area contributed by atoms with Gasteiger partial charge in [-0.15, -0.1) is 0 Å². The zero-order chi connectivity index (χ0) is 13.9. The Morgan fingerprint density at radius 1 is 1.20 bits per heavy atom. The molecule has 2 aromatic heterocycles. The summed E-state index contributed by atoms with van der Waals surface area (Å²) in [6.45, 7) is 3.72. The maximum atomic E-state index is 6.21. The van der Waals surface area contributed by atoms with Crippen molar-refractivity contribution in [2.24, 2.45) is 0 Å². The van der Waals surface area contributed by atoms with E-state index >= 15 is 0 Å². The highest BCUT2D eigenvalue weighted by molar-refractivity contribution is 6.35. The number of fused-ring (bicyclic) bond motifs is 1. The lowest BCUT2D eigenvalue weighted by atomic mass is 10.1. The average molecular weight is 287 g/mol. The van der Waals surface area contributed by atoms with E-state index in [1.54, 1.807) is 6.20 Å². The van der Waals surface area contributed by atoms with Gasteiger partial charge in [0.1, 0.15) is 11.5 Å². The Hall–Kier alpha value is -1.84. The van der Waals surface area contributed by atoms with Crippen molar-refractivity contribution in [1.29, 1.82) is 0 Å². The van der Waals surface area contributed by atoms with Gasteiger partial charge >= 0.3 is 0 Å². The van der Waals surface area contributed by atoms with Crippen LogP contribution in [0.25, 0.3) is 22.2 Å². The second kappa shape index (κ2) is 5.65. The molecule has 0 saturated heterocycles. The summed E-state index contributed by atoms with van der Waals surface area (Å²) in [5.41, 5.74) is 1.83. The zero-order valence-electron chi connectivity index (χ0n) is 11.2. The normalized spacial score (nSPS) is 11.1. The van der Waals surface area contributed by atoms with Crippen molar-refractivity contribution in [3.63, 3.8) is 0 Å². The van der Waals surface area contributed by atoms with Gasteiger partial charge in [0.15, 0.2) is 0 Å². The van der Waals surface area contributed by atoms with Crippen LogP contribution < -0.4 is 5.32 Å². The van der Waals surface area contributed by atoms with Crippen LogP contribution in [0, 0.1) is 0 Å². The standard InChI is InChI=1S/C16H15ClN2O/c1-2-18-10-11-5-8-15(20-11)13-6-7-14(17)12-4-3-9-19-16(12)13/h3-9,18H,2,10H2,1H3. The molecule has 0 bridgehead atoms. The van der Waals surface area contributed by atoms with Crippen molar-refractivity contribution in [3.05, 3.63) is 53.4 Å². The molecule has 0 fully saturated rings. The predicted molar refractivity (Wildman–Crippen MR) is 81.8 cm³/mol. The van der Waals surface area contributed by atoms with Gasteiger partial charge in [-0.3, -0.25) is 4.98 Å². The van der Waals surface area contributed by atoms with E-state index in [4.69, 9.17) is 16.0 Å². The van der Waals surface area contributed by atoms with Gasteiger partial charge in [0, 0.05) is 17.1 Å². The van der Waals surface area contributed by atoms with Gasteiger partial charge in [-0.25, -0.2) is 0 Å². The maximum Gasteiger partial charge on any atom is 0.136 e. The number of aromatic nitrogens is 1. The second-order valence-corrected chi connectivity index (χ2v) is 4.95. The molecular weight excluding hydrogens is 272 g/mol. The van der Waals surface area contributed by atoms with Crippen molar-refractivity contribution in [2.45, 2.75) is 13.5 Å². The third-order valence-electron chi connectivity index (χ3n) is 3.19. The SMILES string of the molecule is CCNCc1ccc(-c2ccc(Cl)c3cccnc23)o1. The van der Waals surface area contributed by atoms with Gasteiger partial charge in [-0.2, -0.15) is 0 Å². The molecule has 3 aromatic rings. The van der Waals surface area contributed by atoms with E-state index in [-0.39, 0.29) is 0 Å². The van der Waals surface area contributed by atoms with Crippen LogP contribution in [0.15, 0.2) is 47.0 Å². The zero-order valence-corrected chi connectivity index (χ0v) is 11.9. The first kappa shape index (κ1) is 13.2. The molecule has 0 aliphatic rings. The van der Waals surface area contributed by atoms with Crippen LogP contribution in [-0.4, -0.2) is 11.5 Å². The minimum Gasteiger partial charge on any atom is -0.460 e. The predicted octanol–water partition coefficient (Wildman–Crippen LogP) is 4.26. The number of rotatable bonds is 4. The minimum atomic E-state index is 0.705. The van der Waals surface area contributed by atoms with Crippen LogP contribution in [0.4, 0.5) is 0 Å². The Labute approximate surface area is 122 Å². The third-order valence-corrected chi connectivity index (χ3v) is 3.52. The molecule has 0 radical (unpaired) electrons. The van der Waals surface area contributed by atoms with Gasteiger partial charge in [-0.05, 0) is 42.9 Å². The number of halogens is 1. The molecule has 20 heavy (non-hydrogen) atoms. The van der Waals surface area contributed by atoms with Crippen LogP contribution in [0.2, 0.25) is 5.02 Å². The van der Waals surface area contributed by atoms with Crippen molar-refractivity contribution >= 4 is 22.5 Å². The quantitative estimate of drug-likeness (QED) is 0.779. The summed E-state index contributed by atoms with van der Waals surface area (Å²) in [4.78, 5) is 4.43. The third kappa shape index (κ3) is 2.42. The van der Waals surface area contributed by atoms with E-state index < -0.39 is 0 Å². The molecule has 0 unspecified atom stereocenters. The van der Waals surface area contributed by atoms with Gasteiger partial charge in [0.2, 0.25) is 0 Å². The molecule has 3 rings (SSSR count). The van der Waals surface area contributed by atoms with Crippen LogP contribution in [0.1, 0.15) is 12.7 Å². The van der Waals surface area contributed by atoms with Crippen molar-refractivity contribution in [2.75, 3.05) is 6.54 Å². The fourth-order valence-electron chi connectivity index (χ4n) is 2.20. The number of hydrogen-bond acceptors (Lipinski definition) is 3. The summed E-state index contributed by atoms with van der Waals surface area (Å²) in [7, 11) is 0. The van der Waals surface area contributed by atoms with Crippen LogP contribution in [0.5, 0.6) is 0 Å². The van der Waals surface area contributed by atoms with E-state index in [0.717, 1.165) is 41.1 Å². The van der Waals surface area contributed by atoms with Gasteiger partial charge in [-0.1, -0.05) is 18.5 Å². The summed E-state index contributed by atoms with van der Waals surface area (Å²) in [6, 6.07) is 11.7. The molecule has 0 aliphatic heterocycles. The molecule has 4 heteroatoms. The van der Waals surface area contributed by atoms with Crippen molar-refractivity contribution < 1.29 is 4.42 Å². The summed E-state index contributed by atoms with van der Waals surface area (Å²) in [5.74, 6) is 1.74. The Kier molecular flexibility index (Phi) is 3.72. The lowest BCUT2D eigenvalue weighted by molar-refractivity contribution is 0.499. The molecule has 2 heterocycles. The van der Waals surface area contributed by atoms with E-state index in [1.807, 2.05) is 36.4 Å². The van der Waals surface area contributed by atoms with Crippen molar-refractivity contribution in [1.82, 2.24) is 10.3 Å². The fraction of sp³-hybridized carbons (Fsp3) is 0.188. The van der Waals surface area contributed by atoms with Gasteiger partial charge in [0.05, 0.1) is 17.1 Å². The number of nitrogens with one attached hydrogen (secondary N) is 1. The molecular formula is C16H15ClN2O. The highest BCUT2D eigenvalue weighted by atomic mass is 35.5. The highest BCUT2D eigenvalue weighted by Gasteiger charge is 2.11. The Bertz CT molecular complexity index is 736. The minimum absolute atomic E-state index is 0.705. The number of nitrogens with zero attached hydrogens (tertiary/aromatic N) is 1. The van der Waals surface area contributed by atoms with Crippen LogP contribution in [-0.2, 0) is 6.54 Å². The molecule has 0 atom stereocenters. The average Bonchev–Trinajstić information content (AvgIpc) is 2.94. The fourth-order valence-corrected chi connectivity index (χ4v) is 2.42. The van der Waals surface area contributed by atoms with E-state index in [9.17, 15) is 0 Å². The lowest BCUT2D eigenvalue weighted by Gasteiger charge is -2.05. The summed E-state index contributed by atoms with van der Waals surface area (Å²) < 4.78 is 5.87. The number of pyridine rings is 1. The molecule has 0 spiro atoms. The Morgan fingerprint density at radius 3 is 2.95 bits per heavy atom. The monoisotopic (exact) mass is 286 g/mol. The Morgan fingerprint density at radius 2 is 2.10 bits per heavy atom. The largest absolute Gasteiger partial charge is 0.460 e. The number of benzene rings is 1. The summed E-state index contributed by atoms with van der Waals surface area (Å²) in [5, 5.41) is 4.89. The smallest absolute Gasteiger partial charge is 0.136 e. The van der Waals surface area contributed by atoms with E-state index in [2.05, 4.69) is 17.2 Å². The molecule has 0 aliphatic carbocycles. The van der Waals surface area contributed by atoms with E-state index in [0.29, 0.717) is 5.02 Å².